The van der Waals surface area contributed by atoms with Crippen molar-refractivity contribution in [2.45, 2.75) is 33.1 Å². The molecule has 1 aromatic heterocycles. The first-order chi connectivity index (χ1) is 14.1. The van der Waals surface area contributed by atoms with Crippen molar-refractivity contribution in [3.63, 3.8) is 0 Å². The maximum Gasteiger partial charge on any atom is 0.311 e. The summed E-state index contributed by atoms with van der Waals surface area (Å²) in [6.45, 7) is 5.16. The lowest BCUT2D eigenvalue weighted by molar-refractivity contribution is -0.140. The minimum atomic E-state index is -1.13. The van der Waals surface area contributed by atoms with Crippen molar-refractivity contribution in [1.29, 1.82) is 0 Å². The highest BCUT2D eigenvalue weighted by atomic mass is 35.5. The summed E-state index contributed by atoms with van der Waals surface area (Å²) in [4.78, 5) is 25.4. The third-order valence-electron chi connectivity index (χ3n) is 5.49. The Labute approximate surface area is 182 Å². The number of carboxylic acids is 1. The van der Waals surface area contributed by atoms with Gasteiger partial charge in [0.1, 0.15) is 0 Å². The average molecular weight is 452 g/mol. The van der Waals surface area contributed by atoms with Crippen LogP contribution in [0.5, 0.6) is 5.75 Å². The molecule has 3 rings (SSSR count). The SMILES string of the molecule is CC[C@H](C)C(C(=O)O)c1c(C)n(C(=O)c2ccc(Cl)c(Cl)c2)c2ccc(O)c(F)c12. The highest BCUT2D eigenvalue weighted by molar-refractivity contribution is 6.42. The monoisotopic (exact) mass is 451 g/mol. The molecule has 158 valence electrons. The Morgan fingerprint density at radius 2 is 1.83 bits per heavy atom. The second kappa shape index (κ2) is 8.28. The number of nitrogens with zero attached hydrogens (tertiary/aromatic N) is 1. The van der Waals surface area contributed by atoms with Gasteiger partial charge in [-0.25, -0.2) is 4.39 Å². The van der Waals surface area contributed by atoms with Gasteiger partial charge in [-0.2, -0.15) is 0 Å². The molecule has 0 saturated carbocycles. The van der Waals surface area contributed by atoms with Crippen LogP contribution in [-0.4, -0.2) is 26.7 Å². The Kier molecular flexibility index (Phi) is 6.11. The van der Waals surface area contributed by atoms with Crippen molar-refractivity contribution < 1.29 is 24.2 Å². The lowest BCUT2D eigenvalue weighted by Crippen LogP contribution is -2.21. The fourth-order valence-electron chi connectivity index (χ4n) is 3.77. The van der Waals surface area contributed by atoms with E-state index in [9.17, 15) is 19.8 Å². The molecule has 0 amide bonds. The fourth-order valence-corrected chi connectivity index (χ4v) is 4.07. The van der Waals surface area contributed by atoms with Crippen LogP contribution in [-0.2, 0) is 4.79 Å². The summed E-state index contributed by atoms with van der Waals surface area (Å²) in [7, 11) is 0. The zero-order valence-electron chi connectivity index (χ0n) is 16.5. The van der Waals surface area contributed by atoms with Gasteiger partial charge in [-0.05, 0) is 48.7 Å². The predicted octanol–water partition coefficient (Wildman–Crippen LogP) is 6.00. The molecular weight excluding hydrogens is 432 g/mol. The number of aliphatic carboxylic acids is 1. The van der Waals surface area contributed by atoms with Gasteiger partial charge in [-0.3, -0.25) is 14.2 Å². The molecule has 0 bridgehead atoms. The normalized spacial score (nSPS) is 13.4. The Hall–Kier alpha value is -2.57. The van der Waals surface area contributed by atoms with E-state index < -0.39 is 29.4 Å². The zero-order chi connectivity index (χ0) is 22.3. The molecule has 1 heterocycles. The standard InChI is InChI=1S/C22H20Cl2FNO4/c1-4-10(2)17(22(29)30)18-11(3)26(15-7-8-16(27)20(25)19(15)18)21(28)12-5-6-13(23)14(24)9-12/h5-10,17,27H,4H2,1-3H3,(H,29,30)/t10-,17?/m0/s1. The molecule has 1 unspecified atom stereocenters. The van der Waals surface area contributed by atoms with Gasteiger partial charge < -0.3 is 10.2 Å². The second-order valence-corrected chi connectivity index (χ2v) is 8.08. The first-order valence-electron chi connectivity index (χ1n) is 9.35. The van der Waals surface area contributed by atoms with Crippen LogP contribution >= 0.6 is 23.2 Å². The number of carbonyl (C=O) groups is 2. The van der Waals surface area contributed by atoms with Crippen LogP contribution in [0, 0.1) is 18.7 Å². The van der Waals surface area contributed by atoms with E-state index in [1.54, 1.807) is 13.8 Å². The maximum absolute atomic E-state index is 15.0. The Morgan fingerprint density at radius 3 is 2.40 bits per heavy atom. The largest absolute Gasteiger partial charge is 0.505 e. The first-order valence-corrected chi connectivity index (χ1v) is 10.1. The van der Waals surface area contributed by atoms with Crippen LogP contribution in [0.15, 0.2) is 30.3 Å². The molecule has 0 radical (unpaired) electrons. The number of phenolic OH excluding ortho intramolecular Hbond substituents is 1. The van der Waals surface area contributed by atoms with Gasteiger partial charge in [0, 0.05) is 16.6 Å². The topological polar surface area (TPSA) is 79.5 Å². The summed E-state index contributed by atoms with van der Waals surface area (Å²) in [5, 5.41) is 20.2. The molecule has 0 fully saturated rings. The van der Waals surface area contributed by atoms with Gasteiger partial charge in [-0.15, -0.1) is 0 Å². The van der Waals surface area contributed by atoms with E-state index in [1.807, 2.05) is 6.92 Å². The Morgan fingerprint density at radius 1 is 1.17 bits per heavy atom. The van der Waals surface area contributed by atoms with Crippen LogP contribution in [0.1, 0.15) is 47.8 Å². The third-order valence-corrected chi connectivity index (χ3v) is 6.23. The molecule has 3 aromatic rings. The molecular formula is C22H20Cl2FNO4. The summed E-state index contributed by atoms with van der Waals surface area (Å²) in [5.41, 5.74) is 0.843. The predicted molar refractivity (Wildman–Crippen MR) is 114 cm³/mol. The second-order valence-electron chi connectivity index (χ2n) is 7.26. The van der Waals surface area contributed by atoms with Crippen molar-refractivity contribution in [2.75, 3.05) is 0 Å². The van der Waals surface area contributed by atoms with Crippen LogP contribution in [0.2, 0.25) is 10.0 Å². The fraction of sp³-hybridized carbons (Fsp3) is 0.273. The molecule has 2 atom stereocenters. The highest BCUT2D eigenvalue weighted by Gasteiger charge is 2.34. The number of carboxylic acid groups (broad SMARTS) is 1. The summed E-state index contributed by atoms with van der Waals surface area (Å²) < 4.78 is 16.3. The van der Waals surface area contributed by atoms with Crippen molar-refractivity contribution >= 4 is 46.0 Å². The number of aromatic hydroxyl groups is 1. The number of fused-ring (bicyclic) bond motifs is 1. The van der Waals surface area contributed by atoms with E-state index in [0.717, 1.165) is 6.07 Å². The summed E-state index contributed by atoms with van der Waals surface area (Å²) >= 11 is 12.0. The van der Waals surface area contributed by atoms with Crippen LogP contribution in [0.3, 0.4) is 0 Å². The summed E-state index contributed by atoms with van der Waals surface area (Å²) in [5.74, 6) is -4.60. The quantitative estimate of drug-likeness (QED) is 0.498. The van der Waals surface area contributed by atoms with E-state index in [2.05, 4.69) is 0 Å². The smallest absolute Gasteiger partial charge is 0.311 e. The molecule has 5 nitrogen and oxygen atoms in total. The van der Waals surface area contributed by atoms with Gasteiger partial charge in [0.15, 0.2) is 11.6 Å². The van der Waals surface area contributed by atoms with E-state index in [0.29, 0.717) is 12.1 Å². The van der Waals surface area contributed by atoms with Gasteiger partial charge in [0.05, 0.1) is 21.5 Å². The van der Waals surface area contributed by atoms with Crippen molar-refractivity contribution in [2.24, 2.45) is 5.92 Å². The minimum Gasteiger partial charge on any atom is -0.505 e. The molecule has 30 heavy (non-hydrogen) atoms. The van der Waals surface area contributed by atoms with Gasteiger partial charge in [-0.1, -0.05) is 43.5 Å². The lowest BCUT2D eigenvalue weighted by atomic mass is 9.84. The number of carbonyl (C=O) groups excluding carboxylic acids is 1. The number of rotatable bonds is 5. The molecule has 0 saturated heterocycles. The van der Waals surface area contributed by atoms with E-state index in [4.69, 9.17) is 23.2 Å². The van der Waals surface area contributed by atoms with Crippen LogP contribution < -0.4 is 0 Å². The number of halogens is 3. The van der Waals surface area contributed by atoms with Crippen LogP contribution in [0.25, 0.3) is 10.9 Å². The van der Waals surface area contributed by atoms with Crippen molar-refractivity contribution in [1.82, 2.24) is 4.57 Å². The number of benzene rings is 2. The molecule has 0 aliphatic carbocycles. The number of aromatic nitrogens is 1. The average Bonchev–Trinajstić information content (AvgIpc) is 2.98. The maximum atomic E-state index is 15.0. The van der Waals surface area contributed by atoms with Gasteiger partial charge in [0.25, 0.3) is 5.91 Å². The molecule has 0 spiro atoms. The van der Waals surface area contributed by atoms with Crippen LogP contribution in [0.4, 0.5) is 4.39 Å². The molecule has 8 heteroatoms. The molecule has 2 aromatic carbocycles. The molecule has 0 aliphatic rings. The highest BCUT2D eigenvalue weighted by Crippen LogP contribution is 2.40. The first kappa shape index (κ1) is 22.1. The Bertz CT molecular complexity index is 1170. The van der Waals surface area contributed by atoms with Crippen molar-refractivity contribution in [3.8, 4) is 5.75 Å². The number of phenols is 1. The Balaban J connectivity index is 2.38. The van der Waals surface area contributed by atoms with E-state index in [-0.39, 0.29) is 38.0 Å². The summed E-state index contributed by atoms with van der Waals surface area (Å²) in [6, 6.07) is 6.90. The minimum absolute atomic E-state index is 0.0754. The number of hydrogen-bond donors (Lipinski definition) is 2. The van der Waals surface area contributed by atoms with E-state index in [1.165, 1.54) is 28.8 Å². The van der Waals surface area contributed by atoms with E-state index >= 15 is 4.39 Å². The summed E-state index contributed by atoms with van der Waals surface area (Å²) in [6.07, 6.45) is 0.532. The third kappa shape index (κ3) is 3.55. The van der Waals surface area contributed by atoms with Crippen molar-refractivity contribution in [3.05, 3.63) is 63.0 Å². The lowest BCUT2D eigenvalue weighted by Gasteiger charge is -2.20. The number of hydrogen-bond acceptors (Lipinski definition) is 3. The van der Waals surface area contributed by atoms with Gasteiger partial charge in [0.2, 0.25) is 0 Å². The zero-order valence-corrected chi connectivity index (χ0v) is 18.1. The van der Waals surface area contributed by atoms with Gasteiger partial charge >= 0.3 is 5.97 Å². The molecule has 2 N–H and O–H groups in total. The molecule has 0 aliphatic heterocycles.